The van der Waals surface area contributed by atoms with Gasteiger partial charge in [0.25, 0.3) is 5.91 Å². The highest BCUT2D eigenvalue weighted by Crippen LogP contribution is 2.46. The van der Waals surface area contributed by atoms with E-state index in [1.54, 1.807) is 41.1 Å². The molecule has 6 nitrogen and oxygen atoms in total. The van der Waals surface area contributed by atoms with Gasteiger partial charge in [-0.25, -0.2) is 4.68 Å². The number of hydrogen-bond donors (Lipinski definition) is 2. The molecule has 2 N–H and O–H groups in total. The first kappa shape index (κ1) is 21.7. The summed E-state index contributed by atoms with van der Waals surface area (Å²) >= 11 is 12.1. The number of amides is 1. The summed E-state index contributed by atoms with van der Waals surface area (Å²) in [5.41, 5.74) is 3.26. The van der Waals surface area contributed by atoms with Crippen molar-refractivity contribution in [3.63, 3.8) is 0 Å². The van der Waals surface area contributed by atoms with Gasteiger partial charge in [0.05, 0.1) is 6.20 Å². The van der Waals surface area contributed by atoms with E-state index >= 15 is 0 Å². The number of fused-ring (bicyclic) bond motifs is 1. The van der Waals surface area contributed by atoms with Crippen LogP contribution in [0.5, 0.6) is 0 Å². The first-order chi connectivity index (χ1) is 15.7. The van der Waals surface area contributed by atoms with Gasteiger partial charge in [-0.3, -0.25) is 9.59 Å². The maximum atomic E-state index is 13.3. The van der Waals surface area contributed by atoms with E-state index in [9.17, 15) is 9.59 Å². The van der Waals surface area contributed by atoms with Crippen LogP contribution in [0.15, 0.2) is 66.0 Å². The number of hydrogen-bond acceptors (Lipinski definition) is 4. The zero-order chi connectivity index (χ0) is 23.3. The van der Waals surface area contributed by atoms with E-state index in [2.05, 4.69) is 29.6 Å². The second-order valence-corrected chi connectivity index (χ2v) is 10.1. The summed E-state index contributed by atoms with van der Waals surface area (Å²) in [6.45, 7) is 4.15. The lowest BCUT2D eigenvalue weighted by Gasteiger charge is -2.39. The molecule has 0 unspecified atom stereocenters. The van der Waals surface area contributed by atoms with Crippen LogP contribution < -0.4 is 10.6 Å². The topological polar surface area (TPSA) is 76.0 Å². The Balaban J connectivity index is 1.58. The Kier molecular flexibility index (Phi) is 5.30. The van der Waals surface area contributed by atoms with Crippen LogP contribution in [0.4, 0.5) is 11.5 Å². The molecule has 0 bridgehead atoms. The molecule has 0 saturated carbocycles. The highest BCUT2D eigenvalue weighted by atomic mass is 35.5. The van der Waals surface area contributed by atoms with Gasteiger partial charge in [0, 0.05) is 33.4 Å². The Bertz CT molecular complexity index is 1290. The molecule has 2 aliphatic rings. The first-order valence-corrected chi connectivity index (χ1v) is 11.4. The molecule has 1 atom stereocenters. The fourth-order valence-electron chi connectivity index (χ4n) is 4.56. The van der Waals surface area contributed by atoms with Gasteiger partial charge in [-0.2, -0.15) is 5.10 Å². The molecule has 168 valence electrons. The number of nitrogens with one attached hydrogen (secondary N) is 2. The van der Waals surface area contributed by atoms with Crippen molar-refractivity contribution in [2.75, 3.05) is 10.6 Å². The summed E-state index contributed by atoms with van der Waals surface area (Å²) in [6, 6.07) is 13.9. The molecule has 2 heterocycles. The SMILES string of the molecule is CC1(C)CC(=O)C2=C(C1)Nc1c(C(=O)Nc3ccc(Cl)cc3)cnn1[C@@H]2c1ccc(Cl)cc1. The molecule has 33 heavy (non-hydrogen) atoms. The smallest absolute Gasteiger partial charge is 0.261 e. The molecule has 5 rings (SSSR count). The van der Waals surface area contributed by atoms with Gasteiger partial charge in [0.15, 0.2) is 5.78 Å². The van der Waals surface area contributed by atoms with Crippen molar-refractivity contribution in [2.24, 2.45) is 5.41 Å². The third-order valence-electron chi connectivity index (χ3n) is 6.04. The molecule has 2 aromatic carbocycles. The van der Waals surface area contributed by atoms with Crippen molar-refractivity contribution in [1.29, 1.82) is 0 Å². The third kappa shape index (κ3) is 4.05. The van der Waals surface area contributed by atoms with Gasteiger partial charge < -0.3 is 10.6 Å². The van der Waals surface area contributed by atoms with E-state index in [0.717, 1.165) is 11.3 Å². The van der Waals surface area contributed by atoms with Crippen molar-refractivity contribution in [2.45, 2.75) is 32.7 Å². The number of carbonyl (C=O) groups excluding carboxylic acids is 2. The zero-order valence-corrected chi connectivity index (χ0v) is 19.7. The van der Waals surface area contributed by atoms with Crippen LogP contribution >= 0.6 is 23.2 Å². The summed E-state index contributed by atoms with van der Waals surface area (Å²) in [5, 5.41) is 12.0. The standard InChI is InChI=1S/C25H22Cl2N4O2/c1-25(2)11-19-21(20(32)12-25)22(14-3-5-15(26)6-4-14)31-23(30-19)18(13-28-31)24(33)29-17-9-7-16(27)8-10-17/h3-10,13,22,30H,11-12H2,1-2H3,(H,29,33)/t22-/m1/s1. The number of carbonyl (C=O) groups is 2. The van der Waals surface area contributed by atoms with Crippen molar-refractivity contribution < 1.29 is 9.59 Å². The van der Waals surface area contributed by atoms with Crippen LogP contribution in [-0.4, -0.2) is 21.5 Å². The Morgan fingerprint density at radius 1 is 1.06 bits per heavy atom. The van der Waals surface area contributed by atoms with Crippen molar-refractivity contribution in [1.82, 2.24) is 9.78 Å². The molecule has 3 aromatic rings. The highest BCUT2D eigenvalue weighted by molar-refractivity contribution is 6.30. The van der Waals surface area contributed by atoms with E-state index in [4.69, 9.17) is 23.2 Å². The van der Waals surface area contributed by atoms with Crippen molar-refractivity contribution in [3.05, 3.63) is 87.2 Å². The first-order valence-electron chi connectivity index (χ1n) is 10.6. The minimum Gasteiger partial charge on any atom is -0.343 e. The van der Waals surface area contributed by atoms with Crippen LogP contribution in [0.25, 0.3) is 0 Å². The number of anilines is 2. The van der Waals surface area contributed by atoms with Gasteiger partial charge in [0.2, 0.25) is 0 Å². The quantitative estimate of drug-likeness (QED) is 0.474. The van der Waals surface area contributed by atoms with Crippen LogP contribution in [0.2, 0.25) is 10.0 Å². The lowest BCUT2D eigenvalue weighted by molar-refractivity contribution is -0.118. The fourth-order valence-corrected chi connectivity index (χ4v) is 4.81. The number of Topliss-reactive ketones (excluding diaryl/α,β-unsaturated/α-hetero) is 1. The number of aromatic nitrogens is 2. The number of nitrogens with zero attached hydrogens (tertiary/aromatic N) is 2. The lowest BCUT2D eigenvalue weighted by Crippen LogP contribution is -2.36. The second kappa shape index (κ2) is 8.04. The maximum absolute atomic E-state index is 13.3. The number of allylic oxidation sites excluding steroid dienone is 2. The van der Waals surface area contributed by atoms with Crippen LogP contribution in [0, 0.1) is 5.41 Å². The fraction of sp³-hybridized carbons (Fsp3) is 0.240. The summed E-state index contributed by atoms with van der Waals surface area (Å²) in [5.74, 6) is 0.346. The molecule has 1 amide bonds. The van der Waals surface area contributed by atoms with Crippen LogP contribution in [0.1, 0.15) is 48.7 Å². The molecule has 1 aliphatic carbocycles. The van der Waals surface area contributed by atoms with Gasteiger partial charge in [-0.05, 0) is 53.8 Å². The monoisotopic (exact) mass is 480 g/mol. The van der Waals surface area contributed by atoms with E-state index < -0.39 is 6.04 Å². The van der Waals surface area contributed by atoms with E-state index in [1.807, 2.05) is 12.1 Å². The predicted octanol–water partition coefficient (Wildman–Crippen LogP) is 6.10. The minimum atomic E-state index is -0.436. The van der Waals surface area contributed by atoms with Gasteiger partial charge >= 0.3 is 0 Å². The summed E-state index contributed by atoms with van der Waals surface area (Å²) < 4.78 is 1.72. The van der Waals surface area contributed by atoms with E-state index in [-0.39, 0.29) is 17.1 Å². The Morgan fingerprint density at radius 2 is 1.70 bits per heavy atom. The Labute approximate surface area is 201 Å². The largest absolute Gasteiger partial charge is 0.343 e. The van der Waals surface area contributed by atoms with Crippen LogP contribution in [-0.2, 0) is 4.79 Å². The maximum Gasteiger partial charge on any atom is 0.261 e. The lowest BCUT2D eigenvalue weighted by atomic mass is 9.73. The van der Waals surface area contributed by atoms with Gasteiger partial charge in [0.1, 0.15) is 17.4 Å². The molecule has 0 spiro atoms. The molecule has 0 saturated heterocycles. The number of rotatable bonds is 3. The summed E-state index contributed by atoms with van der Waals surface area (Å²) in [6.07, 6.45) is 2.68. The summed E-state index contributed by atoms with van der Waals surface area (Å²) in [4.78, 5) is 26.4. The van der Waals surface area contributed by atoms with Gasteiger partial charge in [-0.15, -0.1) is 0 Å². The second-order valence-electron chi connectivity index (χ2n) is 9.22. The third-order valence-corrected chi connectivity index (χ3v) is 6.54. The molecule has 0 radical (unpaired) electrons. The van der Waals surface area contributed by atoms with Crippen molar-refractivity contribution in [3.8, 4) is 0 Å². The number of halogens is 2. The van der Waals surface area contributed by atoms with Crippen LogP contribution in [0.3, 0.4) is 0 Å². The van der Waals surface area contributed by atoms with Gasteiger partial charge in [-0.1, -0.05) is 49.2 Å². The molecule has 1 aromatic heterocycles. The van der Waals surface area contributed by atoms with E-state index in [0.29, 0.717) is 45.5 Å². The van der Waals surface area contributed by atoms with E-state index in [1.165, 1.54) is 6.20 Å². The average molecular weight is 481 g/mol. The Morgan fingerprint density at radius 3 is 2.36 bits per heavy atom. The highest BCUT2D eigenvalue weighted by Gasteiger charge is 2.42. The van der Waals surface area contributed by atoms with Crippen molar-refractivity contribution >= 4 is 46.4 Å². The predicted molar refractivity (Wildman–Crippen MR) is 130 cm³/mol. The Hall–Kier alpha value is -3.09. The summed E-state index contributed by atoms with van der Waals surface area (Å²) in [7, 11) is 0. The molecule has 0 fully saturated rings. The molecule has 1 aliphatic heterocycles. The number of ketones is 1. The zero-order valence-electron chi connectivity index (χ0n) is 18.2. The average Bonchev–Trinajstić information content (AvgIpc) is 3.17. The molecular weight excluding hydrogens is 459 g/mol. The number of benzene rings is 2. The minimum absolute atomic E-state index is 0.0852. The normalized spacial score (nSPS) is 18.9. The molecule has 8 heteroatoms. The molecular formula is C25H22Cl2N4O2.